The molecule has 7 heteroatoms. The minimum atomic E-state index is -0.277. The predicted octanol–water partition coefficient (Wildman–Crippen LogP) is 4.12. The zero-order valence-electron chi connectivity index (χ0n) is 11.0. The molecule has 0 bridgehead atoms. The molecule has 1 N–H and O–H groups in total. The van der Waals surface area contributed by atoms with Gasteiger partial charge in [-0.2, -0.15) is 0 Å². The minimum absolute atomic E-state index is 0.0843. The van der Waals surface area contributed by atoms with Gasteiger partial charge in [0.15, 0.2) is 0 Å². The molecule has 5 nitrogen and oxygen atoms in total. The highest BCUT2D eigenvalue weighted by Crippen LogP contribution is 2.30. The Balaban J connectivity index is 1.77. The number of hydrogen-bond acceptors (Lipinski definition) is 5. The fraction of sp³-hybridized carbons (Fsp3) is 0.0714. The number of hydrogen-bond donors (Lipinski definition) is 1. The molecule has 106 valence electrons. The number of nitrogens with one attached hydrogen (secondary N) is 1. The van der Waals surface area contributed by atoms with Crippen LogP contribution >= 0.6 is 27.3 Å². The molecular weight excluding hydrogens is 354 g/mol. The Hall–Kier alpha value is -1.99. The van der Waals surface area contributed by atoms with Crippen LogP contribution in [-0.4, -0.2) is 16.1 Å². The lowest BCUT2D eigenvalue weighted by Gasteiger charge is -2.01. The van der Waals surface area contributed by atoms with E-state index in [2.05, 4.69) is 31.4 Å². The van der Waals surface area contributed by atoms with E-state index < -0.39 is 0 Å². The number of halogens is 1. The molecule has 0 saturated carbocycles. The van der Waals surface area contributed by atoms with Gasteiger partial charge < -0.3 is 4.42 Å². The van der Waals surface area contributed by atoms with Gasteiger partial charge >= 0.3 is 6.01 Å². The zero-order chi connectivity index (χ0) is 14.8. The van der Waals surface area contributed by atoms with Crippen molar-refractivity contribution in [3.05, 3.63) is 51.3 Å². The van der Waals surface area contributed by atoms with Crippen LogP contribution in [0.5, 0.6) is 0 Å². The summed E-state index contributed by atoms with van der Waals surface area (Å²) in [4.78, 5) is 12.9. The van der Waals surface area contributed by atoms with Gasteiger partial charge in [-0.15, -0.1) is 16.4 Å². The van der Waals surface area contributed by atoms with Gasteiger partial charge in [-0.3, -0.25) is 10.1 Å². The van der Waals surface area contributed by atoms with Crippen molar-refractivity contribution in [3.8, 4) is 10.8 Å². The van der Waals surface area contributed by atoms with Crippen LogP contribution in [0.2, 0.25) is 0 Å². The Morgan fingerprint density at radius 2 is 2.14 bits per heavy atom. The third-order valence-corrected chi connectivity index (χ3v) is 4.32. The van der Waals surface area contributed by atoms with E-state index in [0.717, 1.165) is 14.2 Å². The lowest BCUT2D eigenvalue weighted by molar-refractivity contribution is 0.102. The highest BCUT2D eigenvalue weighted by atomic mass is 79.9. The minimum Gasteiger partial charge on any atom is -0.402 e. The first kappa shape index (κ1) is 14.0. The summed E-state index contributed by atoms with van der Waals surface area (Å²) in [5, 5.41) is 10.4. The number of aromatic nitrogens is 2. The fourth-order valence-corrected chi connectivity index (χ4v) is 3.07. The molecule has 0 fully saturated rings. The molecule has 1 amide bonds. The molecule has 0 atom stereocenters. The Bertz CT molecular complexity index is 797. The highest BCUT2D eigenvalue weighted by molar-refractivity contribution is 9.11. The van der Waals surface area contributed by atoms with Gasteiger partial charge in [0.05, 0.1) is 8.66 Å². The van der Waals surface area contributed by atoms with E-state index in [1.165, 1.54) is 11.3 Å². The number of carbonyl (C=O) groups is 1. The largest absolute Gasteiger partial charge is 0.402 e. The van der Waals surface area contributed by atoms with Crippen LogP contribution in [0.3, 0.4) is 0 Å². The van der Waals surface area contributed by atoms with Crippen molar-refractivity contribution >= 4 is 39.2 Å². The second-order valence-electron chi connectivity index (χ2n) is 4.34. The lowest BCUT2D eigenvalue weighted by Crippen LogP contribution is -2.12. The van der Waals surface area contributed by atoms with Crippen LogP contribution in [0.25, 0.3) is 10.8 Å². The third kappa shape index (κ3) is 3.20. The zero-order valence-corrected chi connectivity index (χ0v) is 13.4. The molecule has 1 aromatic carbocycles. The molecule has 0 aliphatic carbocycles. The van der Waals surface area contributed by atoms with Crippen molar-refractivity contribution in [2.24, 2.45) is 0 Å². The quantitative estimate of drug-likeness (QED) is 0.759. The first-order chi connectivity index (χ1) is 10.1. The van der Waals surface area contributed by atoms with E-state index in [4.69, 9.17) is 4.42 Å². The van der Waals surface area contributed by atoms with Crippen molar-refractivity contribution in [2.75, 3.05) is 5.32 Å². The van der Waals surface area contributed by atoms with E-state index in [1.54, 1.807) is 12.1 Å². The molecule has 0 saturated heterocycles. The monoisotopic (exact) mass is 363 g/mol. The van der Waals surface area contributed by atoms with Crippen LogP contribution in [0, 0.1) is 6.92 Å². The SMILES string of the molecule is Cc1cccc(C(=O)Nc2nnc(-c3ccc(Br)s3)o2)c1. The Morgan fingerprint density at radius 1 is 1.29 bits per heavy atom. The summed E-state index contributed by atoms with van der Waals surface area (Å²) in [6, 6.07) is 11.1. The third-order valence-electron chi connectivity index (χ3n) is 2.71. The van der Waals surface area contributed by atoms with Gasteiger partial charge in [-0.1, -0.05) is 22.8 Å². The number of rotatable bonds is 3. The summed E-state index contributed by atoms with van der Waals surface area (Å²) in [5.41, 5.74) is 1.56. The molecule has 0 unspecified atom stereocenters. The first-order valence-electron chi connectivity index (χ1n) is 6.09. The first-order valence-corrected chi connectivity index (χ1v) is 7.70. The summed E-state index contributed by atoms with van der Waals surface area (Å²) in [7, 11) is 0. The number of aryl methyl sites for hydroxylation is 1. The second kappa shape index (κ2) is 5.79. The number of amides is 1. The fourth-order valence-electron chi connectivity index (χ4n) is 1.76. The molecule has 21 heavy (non-hydrogen) atoms. The van der Waals surface area contributed by atoms with Crippen molar-refractivity contribution in [2.45, 2.75) is 6.92 Å². The second-order valence-corrected chi connectivity index (χ2v) is 6.80. The number of carbonyl (C=O) groups excluding carboxylic acids is 1. The highest BCUT2D eigenvalue weighted by Gasteiger charge is 2.13. The summed E-state index contributed by atoms with van der Waals surface area (Å²) < 4.78 is 6.41. The van der Waals surface area contributed by atoms with Crippen molar-refractivity contribution in [1.29, 1.82) is 0 Å². The van der Waals surface area contributed by atoms with E-state index in [9.17, 15) is 4.79 Å². The Kier molecular flexibility index (Phi) is 3.85. The lowest BCUT2D eigenvalue weighted by atomic mass is 10.1. The van der Waals surface area contributed by atoms with E-state index >= 15 is 0 Å². The summed E-state index contributed by atoms with van der Waals surface area (Å²) in [6.45, 7) is 1.93. The molecule has 0 aliphatic heterocycles. The molecule has 3 aromatic rings. The maximum absolute atomic E-state index is 12.1. The van der Waals surface area contributed by atoms with E-state index in [0.29, 0.717) is 11.5 Å². The molecule has 2 heterocycles. The van der Waals surface area contributed by atoms with Gasteiger partial charge in [0.25, 0.3) is 11.8 Å². The number of thiophene rings is 1. The van der Waals surface area contributed by atoms with Crippen LogP contribution in [-0.2, 0) is 0 Å². The Labute approximate surface area is 133 Å². The topological polar surface area (TPSA) is 68.0 Å². The molecule has 3 rings (SSSR count). The molecule has 0 aliphatic rings. The van der Waals surface area contributed by atoms with Gasteiger partial charge in [0.1, 0.15) is 0 Å². The van der Waals surface area contributed by atoms with Crippen LogP contribution in [0.15, 0.2) is 44.6 Å². The predicted molar refractivity (Wildman–Crippen MR) is 84.4 cm³/mol. The van der Waals surface area contributed by atoms with Crippen molar-refractivity contribution < 1.29 is 9.21 Å². The van der Waals surface area contributed by atoms with Gasteiger partial charge in [-0.05, 0) is 47.1 Å². The van der Waals surface area contributed by atoms with Gasteiger partial charge in [0, 0.05) is 5.56 Å². The molecular formula is C14H10BrN3O2S. The molecule has 2 aromatic heterocycles. The average molecular weight is 364 g/mol. The van der Waals surface area contributed by atoms with Crippen molar-refractivity contribution in [1.82, 2.24) is 10.2 Å². The molecule has 0 radical (unpaired) electrons. The maximum atomic E-state index is 12.1. The van der Waals surface area contributed by atoms with Crippen LogP contribution in [0.1, 0.15) is 15.9 Å². The van der Waals surface area contributed by atoms with E-state index in [1.807, 2.05) is 31.2 Å². The smallest absolute Gasteiger partial charge is 0.322 e. The normalized spacial score (nSPS) is 10.6. The number of nitrogens with zero attached hydrogens (tertiary/aromatic N) is 2. The number of benzene rings is 1. The van der Waals surface area contributed by atoms with Gasteiger partial charge in [0.2, 0.25) is 0 Å². The Morgan fingerprint density at radius 3 is 2.86 bits per heavy atom. The van der Waals surface area contributed by atoms with Crippen molar-refractivity contribution in [3.63, 3.8) is 0 Å². The average Bonchev–Trinajstić information content (AvgIpc) is 3.07. The summed E-state index contributed by atoms with van der Waals surface area (Å²) in [6.07, 6.45) is 0. The van der Waals surface area contributed by atoms with Crippen LogP contribution < -0.4 is 5.32 Å². The van der Waals surface area contributed by atoms with Crippen LogP contribution in [0.4, 0.5) is 6.01 Å². The summed E-state index contributed by atoms with van der Waals surface area (Å²) in [5.74, 6) is 0.103. The van der Waals surface area contributed by atoms with Gasteiger partial charge in [-0.25, -0.2) is 0 Å². The standard InChI is InChI=1S/C14H10BrN3O2S/c1-8-3-2-4-9(7-8)12(19)16-14-18-17-13(20-14)10-5-6-11(15)21-10/h2-7H,1H3,(H,16,18,19). The summed E-state index contributed by atoms with van der Waals surface area (Å²) >= 11 is 4.85. The maximum Gasteiger partial charge on any atom is 0.322 e. The van der Waals surface area contributed by atoms with E-state index in [-0.39, 0.29) is 11.9 Å². The molecule has 0 spiro atoms. The number of anilines is 1.